The van der Waals surface area contributed by atoms with Gasteiger partial charge in [-0.1, -0.05) is 30.2 Å². The van der Waals surface area contributed by atoms with Gasteiger partial charge in [0.05, 0.1) is 0 Å². The van der Waals surface area contributed by atoms with Gasteiger partial charge in [-0.2, -0.15) is 0 Å². The van der Waals surface area contributed by atoms with E-state index in [1.165, 1.54) is 0 Å². The lowest BCUT2D eigenvalue weighted by Gasteiger charge is -2.05. The van der Waals surface area contributed by atoms with E-state index in [1.54, 1.807) is 0 Å². The van der Waals surface area contributed by atoms with Crippen LogP contribution in [0.4, 0.5) is 0 Å². The van der Waals surface area contributed by atoms with Crippen LogP contribution in [0.25, 0.3) is 0 Å². The zero-order chi connectivity index (χ0) is 11.4. The summed E-state index contributed by atoms with van der Waals surface area (Å²) in [6, 6.07) is 5.99. The minimum Gasteiger partial charge on any atom is -0.289 e. The topological polar surface area (TPSA) is 17.1 Å². The van der Waals surface area contributed by atoms with Crippen molar-refractivity contribution in [3.8, 4) is 0 Å². The number of ketones is 1. The van der Waals surface area contributed by atoms with Crippen molar-refractivity contribution >= 4 is 5.78 Å². The first-order valence-electron chi connectivity index (χ1n) is 5.36. The number of hydrogen-bond donors (Lipinski definition) is 0. The Kier molecular flexibility index (Phi) is 3.84. The Morgan fingerprint density at radius 2 is 1.73 bits per heavy atom. The van der Waals surface area contributed by atoms with Crippen molar-refractivity contribution in [1.29, 1.82) is 0 Å². The van der Waals surface area contributed by atoms with E-state index in [-0.39, 0.29) is 5.78 Å². The third kappa shape index (κ3) is 2.79. The lowest BCUT2D eigenvalue weighted by molar-refractivity contribution is 0.103. The molecule has 0 bridgehead atoms. The molecule has 15 heavy (non-hydrogen) atoms. The Morgan fingerprint density at radius 3 is 2.13 bits per heavy atom. The monoisotopic (exact) mass is 202 g/mol. The predicted octanol–water partition coefficient (Wildman–Crippen LogP) is 3.84. The molecular formula is C14H18O. The molecular weight excluding hydrogens is 184 g/mol. The maximum Gasteiger partial charge on any atom is 0.188 e. The molecule has 0 unspecified atom stereocenters. The predicted molar refractivity (Wildman–Crippen MR) is 64.3 cm³/mol. The zero-order valence-electron chi connectivity index (χ0n) is 9.92. The van der Waals surface area contributed by atoms with Crippen LogP contribution in [0.2, 0.25) is 0 Å². The third-order valence-electron chi connectivity index (χ3n) is 2.50. The molecule has 0 saturated heterocycles. The highest BCUT2D eigenvalue weighted by Crippen LogP contribution is 2.15. The fraction of sp³-hybridized carbons (Fsp3) is 0.357. The molecule has 0 aromatic heterocycles. The van der Waals surface area contributed by atoms with Crippen LogP contribution in [0.5, 0.6) is 0 Å². The summed E-state index contributed by atoms with van der Waals surface area (Å²) in [5.41, 5.74) is 3.98. The number of rotatable bonds is 3. The largest absolute Gasteiger partial charge is 0.289 e. The molecule has 0 aliphatic carbocycles. The quantitative estimate of drug-likeness (QED) is 0.537. The smallest absolute Gasteiger partial charge is 0.188 e. The summed E-state index contributed by atoms with van der Waals surface area (Å²) < 4.78 is 0. The van der Waals surface area contributed by atoms with Crippen LogP contribution in [-0.4, -0.2) is 5.78 Å². The second-order valence-corrected chi connectivity index (χ2v) is 3.87. The van der Waals surface area contributed by atoms with Gasteiger partial charge in [-0.25, -0.2) is 0 Å². The molecule has 0 spiro atoms. The van der Waals surface area contributed by atoms with Gasteiger partial charge in [0.25, 0.3) is 0 Å². The molecule has 1 aromatic carbocycles. The number of hydrogen-bond acceptors (Lipinski definition) is 1. The minimum atomic E-state index is 0.159. The van der Waals surface area contributed by atoms with Crippen LogP contribution in [0.1, 0.15) is 41.8 Å². The van der Waals surface area contributed by atoms with Crippen molar-refractivity contribution in [3.63, 3.8) is 0 Å². The van der Waals surface area contributed by atoms with Gasteiger partial charge < -0.3 is 0 Å². The SMILES string of the molecule is C/C=C(/CC)C(=O)c1cc(C)cc(C)c1. The highest BCUT2D eigenvalue weighted by atomic mass is 16.1. The molecule has 0 fully saturated rings. The summed E-state index contributed by atoms with van der Waals surface area (Å²) >= 11 is 0. The van der Waals surface area contributed by atoms with E-state index >= 15 is 0 Å². The van der Waals surface area contributed by atoms with Gasteiger partial charge in [-0.15, -0.1) is 0 Å². The Hall–Kier alpha value is -1.37. The van der Waals surface area contributed by atoms with Crippen LogP contribution >= 0.6 is 0 Å². The van der Waals surface area contributed by atoms with Gasteiger partial charge in [0.2, 0.25) is 0 Å². The van der Waals surface area contributed by atoms with Crippen molar-refractivity contribution in [2.75, 3.05) is 0 Å². The average molecular weight is 202 g/mol. The van der Waals surface area contributed by atoms with Gasteiger partial charge in [-0.05, 0) is 44.9 Å². The van der Waals surface area contributed by atoms with Gasteiger partial charge >= 0.3 is 0 Å². The molecule has 0 amide bonds. The van der Waals surface area contributed by atoms with E-state index in [2.05, 4.69) is 6.07 Å². The molecule has 0 atom stereocenters. The zero-order valence-corrected chi connectivity index (χ0v) is 9.92. The first-order chi connectivity index (χ1) is 7.08. The number of allylic oxidation sites excluding steroid dienone is 2. The minimum absolute atomic E-state index is 0.159. The van der Waals surface area contributed by atoms with Crippen molar-refractivity contribution in [3.05, 3.63) is 46.5 Å². The Labute approximate surface area is 91.8 Å². The van der Waals surface area contributed by atoms with Crippen LogP contribution in [0.3, 0.4) is 0 Å². The molecule has 0 radical (unpaired) electrons. The highest BCUT2D eigenvalue weighted by Gasteiger charge is 2.10. The normalized spacial score (nSPS) is 11.6. The third-order valence-corrected chi connectivity index (χ3v) is 2.50. The van der Waals surface area contributed by atoms with Crippen molar-refractivity contribution in [1.82, 2.24) is 0 Å². The number of carbonyl (C=O) groups excluding carboxylic acids is 1. The van der Waals surface area contributed by atoms with Crippen molar-refractivity contribution < 1.29 is 4.79 Å². The standard InChI is InChI=1S/C14H18O/c1-5-12(6-2)14(15)13-8-10(3)7-11(4)9-13/h5,7-9H,6H2,1-4H3/b12-5-. The van der Waals surface area contributed by atoms with E-state index in [0.717, 1.165) is 28.7 Å². The fourth-order valence-electron chi connectivity index (χ4n) is 1.79. The molecule has 1 heteroatoms. The Bertz CT molecular complexity index is 380. The van der Waals surface area contributed by atoms with Gasteiger partial charge in [0.1, 0.15) is 0 Å². The van der Waals surface area contributed by atoms with E-state index < -0.39 is 0 Å². The summed E-state index contributed by atoms with van der Waals surface area (Å²) in [6.45, 7) is 7.96. The van der Waals surface area contributed by atoms with Gasteiger partial charge in [-0.3, -0.25) is 4.79 Å². The maximum absolute atomic E-state index is 12.0. The number of aryl methyl sites for hydroxylation is 2. The molecule has 0 N–H and O–H groups in total. The average Bonchev–Trinajstić information content (AvgIpc) is 2.18. The highest BCUT2D eigenvalue weighted by molar-refractivity contribution is 6.08. The molecule has 0 saturated carbocycles. The summed E-state index contributed by atoms with van der Waals surface area (Å²) in [4.78, 5) is 12.0. The molecule has 1 rings (SSSR count). The second kappa shape index (κ2) is 4.92. The lowest BCUT2D eigenvalue weighted by atomic mass is 9.98. The summed E-state index contributed by atoms with van der Waals surface area (Å²) in [5.74, 6) is 0.159. The molecule has 80 valence electrons. The van der Waals surface area contributed by atoms with E-state index in [1.807, 2.05) is 45.9 Å². The first-order valence-corrected chi connectivity index (χ1v) is 5.36. The van der Waals surface area contributed by atoms with E-state index in [4.69, 9.17) is 0 Å². The van der Waals surface area contributed by atoms with E-state index in [9.17, 15) is 4.79 Å². The number of Topliss-reactive ketones (excluding diaryl/α,β-unsaturated/α-hetero) is 1. The van der Waals surface area contributed by atoms with Gasteiger partial charge in [0.15, 0.2) is 5.78 Å². The van der Waals surface area contributed by atoms with Crippen molar-refractivity contribution in [2.45, 2.75) is 34.1 Å². The van der Waals surface area contributed by atoms with E-state index in [0.29, 0.717) is 0 Å². The molecule has 0 heterocycles. The Balaban J connectivity index is 3.11. The molecule has 1 aromatic rings. The van der Waals surface area contributed by atoms with Crippen molar-refractivity contribution in [2.24, 2.45) is 0 Å². The van der Waals surface area contributed by atoms with Crippen LogP contribution < -0.4 is 0 Å². The first kappa shape index (κ1) is 11.7. The van der Waals surface area contributed by atoms with Crippen LogP contribution in [0, 0.1) is 13.8 Å². The lowest BCUT2D eigenvalue weighted by Crippen LogP contribution is -2.03. The fourth-order valence-corrected chi connectivity index (χ4v) is 1.79. The summed E-state index contributed by atoms with van der Waals surface area (Å²) in [7, 11) is 0. The second-order valence-electron chi connectivity index (χ2n) is 3.87. The summed E-state index contributed by atoms with van der Waals surface area (Å²) in [6.07, 6.45) is 2.70. The number of benzene rings is 1. The number of carbonyl (C=O) groups is 1. The van der Waals surface area contributed by atoms with Crippen LogP contribution in [-0.2, 0) is 0 Å². The van der Waals surface area contributed by atoms with Crippen LogP contribution in [0.15, 0.2) is 29.8 Å². The summed E-state index contributed by atoms with van der Waals surface area (Å²) in [5, 5.41) is 0. The molecule has 0 aliphatic rings. The molecule has 0 aliphatic heterocycles. The molecule has 1 nitrogen and oxygen atoms in total. The Morgan fingerprint density at radius 1 is 1.20 bits per heavy atom. The maximum atomic E-state index is 12.0. The van der Waals surface area contributed by atoms with Gasteiger partial charge in [0, 0.05) is 5.56 Å².